The Morgan fingerprint density at radius 1 is 1.75 bits per heavy atom. The van der Waals surface area contributed by atoms with Gasteiger partial charge >= 0.3 is 84.9 Å². The van der Waals surface area contributed by atoms with Crippen molar-refractivity contribution in [3.05, 3.63) is 0 Å². The first kappa shape index (κ1) is 8.58. The zero-order valence-electron chi connectivity index (χ0n) is 4.90. The second kappa shape index (κ2) is 4.38. The van der Waals surface area contributed by atoms with E-state index < -0.39 is 0 Å². The predicted molar refractivity (Wildman–Crippen MR) is 44.3 cm³/mol. The Morgan fingerprint density at radius 3 is 2.50 bits per heavy atom. The molecule has 1 saturated heterocycles. The Balaban J connectivity index is 2.15. The van der Waals surface area contributed by atoms with E-state index >= 15 is 0 Å². The summed E-state index contributed by atoms with van der Waals surface area (Å²) in [5.41, 5.74) is 0. The van der Waals surface area contributed by atoms with Crippen LogP contribution in [0.4, 0.5) is 0 Å². The first-order valence-corrected chi connectivity index (χ1v) is 13.7. The fourth-order valence-electron chi connectivity index (χ4n) is 0.635. The van der Waals surface area contributed by atoms with Crippen LogP contribution in [-0.2, 0) is 0 Å². The third-order valence-corrected chi connectivity index (χ3v) is 21.4. The van der Waals surface area contributed by atoms with Crippen LogP contribution >= 0.6 is 20.3 Å². The maximum absolute atomic E-state index is 2.90. The van der Waals surface area contributed by atoms with Crippen LogP contribution in [-0.4, -0.2) is 32.5 Å². The fourth-order valence-corrected chi connectivity index (χ4v) is 19.0. The van der Waals surface area contributed by atoms with E-state index in [0.29, 0.717) is 21.5 Å². The number of nitrogens with zero attached hydrogens (tertiary/aromatic N) is 1. The van der Waals surface area contributed by atoms with Crippen molar-refractivity contribution < 1.29 is 21.5 Å². The first-order chi connectivity index (χ1) is 3.88. The molecular formula is C3H8Al2I2N-. The summed E-state index contributed by atoms with van der Waals surface area (Å²) >= 11 is 3.30. The third-order valence-electron chi connectivity index (χ3n) is 1.27. The predicted octanol–water partition coefficient (Wildman–Crippen LogP) is -2.37. The minimum absolute atomic E-state index is 0.0990. The quantitative estimate of drug-likeness (QED) is 0.234. The van der Waals surface area contributed by atoms with Crippen molar-refractivity contribution >= 4 is 46.8 Å². The number of hydrogen-bond acceptors (Lipinski definition) is 1. The van der Waals surface area contributed by atoms with Crippen molar-refractivity contribution in [3.8, 4) is 0 Å². The van der Waals surface area contributed by atoms with Crippen molar-refractivity contribution in [1.82, 2.24) is 1.08 Å². The van der Waals surface area contributed by atoms with Crippen molar-refractivity contribution in [3.63, 3.8) is 0 Å². The molecule has 0 N–H and O–H groups in total. The van der Waals surface area contributed by atoms with E-state index in [2.05, 4.69) is 26.3 Å². The molecule has 0 atom stereocenters. The van der Waals surface area contributed by atoms with Crippen LogP contribution in [0.2, 0.25) is 10.6 Å². The van der Waals surface area contributed by atoms with Crippen molar-refractivity contribution in [2.45, 2.75) is 10.6 Å². The van der Waals surface area contributed by atoms with Crippen molar-refractivity contribution in [2.75, 3.05) is 4.93 Å². The zero-order chi connectivity index (χ0) is 5.98. The van der Waals surface area contributed by atoms with E-state index in [1.54, 1.807) is 10.6 Å². The summed E-state index contributed by atoms with van der Waals surface area (Å²) in [6, 6.07) is 0. The molecule has 5 heteroatoms. The standard InChI is InChI=1S/C2H4.CH3IN.2Al.HI.H/c1-2;1-2-3;;;;/h1-2H2;1H3;;;1H;/q;-1;;+1;;/p-1. The molecular weight excluding hydrogens is 358 g/mol. The Labute approximate surface area is 83.4 Å². The van der Waals surface area contributed by atoms with E-state index in [-0.39, 0.29) is 26.5 Å². The Kier molecular flexibility index (Phi) is 4.70. The summed E-state index contributed by atoms with van der Waals surface area (Å²) < 4.78 is 2.90. The maximum atomic E-state index is 2.90. The van der Waals surface area contributed by atoms with Gasteiger partial charge in [-0.3, -0.25) is 0 Å². The SMILES string of the molecule is C[I-][N]([AlH][I])[Al]1[CH2][CH2]1. The van der Waals surface area contributed by atoms with Crippen LogP contribution in [0.15, 0.2) is 0 Å². The second-order valence-electron chi connectivity index (χ2n) is 1.92. The molecule has 1 heterocycles. The first-order valence-electron chi connectivity index (χ1n) is 2.71. The number of rotatable bonds is 3. The monoisotopic (exact) mass is 366 g/mol. The molecule has 0 aromatic heterocycles. The van der Waals surface area contributed by atoms with Crippen molar-refractivity contribution in [2.24, 2.45) is 0 Å². The molecule has 8 heavy (non-hydrogen) atoms. The number of halogens is 2. The summed E-state index contributed by atoms with van der Waals surface area (Å²) in [6.45, 7) is 0. The molecule has 1 aliphatic heterocycles. The average Bonchev–Trinajstić information content (AvgIpc) is 2.53. The number of hydrogen-bond donors (Lipinski definition) is 0. The van der Waals surface area contributed by atoms with Gasteiger partial charge in [-0.25, -0.2) is 0 Å². The molecule has 0 aliphatic carbocycles. The summed E-state index contributed by atoms with van der Waals surface area (Å²) in [4.78, 5) is 2.41. The molecule has 1 nitrogen and oxygen atoms in total. The topological polar surface area (TPSA) is 3.24 Å². The molecule has 0 aromatic carbocycles. The molecule has 0 saturated carbocycles. The van der Waals surface area contributed by atoms with Gasteiger partial charge in [0.1, 0.15) is 0 Å². The van der Waals surface area contributed by atoms with Crippen LogP contribution < -0.4 is 21.5 Å². The fraction of sp³-hybridized carbons (Fsp3) is 1.00. The van der Waals surface area contributed by atoms with Gasteiger partial charge in [-0.15, -0.1) is 0 Å². The summed E-state index contributed by atoms with van der Waals surface area (Å²) in [7, 11) is 0. The minimum atomic E-state index is -0.0990. The molecule has 0 aromatic rings. The third kappa shape index (κ3) is 2.61. The molecule has 0 spiro atoms. The van der Waals surface area contributed by atoms with Gasteiger partial charge in [0.25, 0.3) is 0 Å². The molecule has 0 bridgehead atoms. The molecule has 1 aliphatic rings. The van der Waals surface area contributed by atoms with Gasteiger partial charge in [0.2, 0.25) is 0 Å². The van der Waals surface area contributed by atoms with E-state index in [4.69, 9.17) is 0 Å². The van der Waals surface area contributed by atoms with E-state index in [9.17, 15) is 0 Å². The zero-order valence-corrected chi connectivity index (χ0v) is 11.8. The summed E-state index contributed by atoms with van der Waals surface area (Å²) in [5.74, 6) is 0. The molecule has 0 amide bonds. The van der Waals surface area contributed by atoms with Gasteiger partial charge < -0.3 is 0 Å². The Bertz CT molecular complexity index is 73.7. The van der Waals surface area contributed by atoms with Crippen LogP contribution in [0.25, 0.3) is 0 Å². The molecule has 1 fully saturated rings. The second-order valence-corrected chi connectivity index (χ2v) is 13.2. The van der Waals surface area contributed by atoms with Crippen LogP contribution in [0.3, 0.4) is 0 Å². The summed E-state index contributed by atoms with van der Waals surface area (Å²) in [5, 5.41) is 3.28. The molecule has 0 unspecified atom stereocenters. The van der Waals surface area contributed by atoms with Gasteiger partial charge in [-0.2, -0.15) is 0 Å². The summed E-state index contributed by atoms with van der Waals surface area (Å²) in [6.07, 6.45) is 0. The Morgan fingerprint density at radius 2 is 2.38 bits per heavy atom. The normalized spacial score (nSPS) is 17.6. The Hall–Kier alpha value is 2.48. The average molecular weight is 366 g/mol. The number of alkyl halides is 1. The van der Waals surface area contributed by atoms with Gasteiger partial charge in [-0.05, 0) is 0 Å². The van der Waals surface area contributed by atoms with Crippen molar-refractivity contribution in [1.29, 1.82) is 0 Å². The molecule has 46 valence electrons. The van der Waals surface area contributed by atoms with Crippen LogP contribution in [0.1, 0.15) is 0 Å². The van der Waals surface area contributed by atoms with Gasteiger partial charge in [0, 0.05) is 0 Å². The van der Waals surface area contributed by atoms with E-state index in [1.165, 1.54) is 0 Å². The van der Waals surface area contributed by atoms with Gasteiger partial charge in [0.15, 0.2) is 0 Å². The molecule has 0 radical (unpaired) electrons. The van der Waals surface area contributed by atoms with Gasteiger partial charge in [-0.1, -0.05) is 0 Å². The molecule has 1 rings (SSSR count). The van der Waals surface area contributed by atoms with Crippen LogP contribution in [0, 0.1) is 0 Å². The van der Waals surface area contributed by atoms with E-state index in [1.807, 2.05) is 0 Å². The van der Waals surface area contributed by atoms with Gasteiger partial charge in [0.05, 0.1) is 0 Å². The van der Waals surface area contributed by atoms with Crippen LogP contribution in [0.5, 0.6) is 0 Å². The van der Waals surface area contributed by atoms with E-state index in [0.717, 1.165) is 0 Å².